The number of ether oxygens (including phenoxy) is 1. The number of urea groups is 1. The fourth-order valence-corrected chi connectivity index (χ4v) is 1.02. The number of carbonyl (C=O) groups is 1. The molecule has 0 aliphatic heterocycles. The van der Waals surface area contributed by atoms with Crippen LogP contribution in [0.5, 0.6) is 5.75 Å². The molecule has 0 aromatic heterocycles. The predicted molar refractivity (Wildman–Crippen MR) is 57.9 cm³/mol. The van der Waals surface area contributed by atoms with E-state index in [1.54, 1.807) is 0 Å². The molecular formula is C10H13N3O2. The summed E-state index contributed by atoms with van der Waals surface area (Å²) in [4.78, 5) is 10.3. The second kappa shape index (κ2) is 5.64. The Balaban J connectivity index is 2.64. The molecule has 0 spiro atoms. The summed E-state index contributed by atoms with van der Waals surface area (Å²) < 4.78 is 5.30. The van der Waals surface area contributed by atoms with Gasteiger partial charge in [-0.1, -0.05) is 12.1 Å². The van der Waals surface area contributed by atoms with Gasteiger partial charge in [0.2, 0.25) is 0 Å². The SMILES string of the molecule is CCOc1cccc(C=NNC(N)=O)c1. The van der Waals surface area contributed by atoms with E-state index in [4.69, 9.17) is 10.5 Å². The van der Waals surface area contributed by atoms with Gasteiger partial charge < -0.3 is 10.5 Å². The number of hydrogen-bond donors (Lipinski definition) is 2. The van der Waals surface area contributed by atoms with Crippen LogP contribution in [0.15, 0.2) is 29.4 Å². The van der Waals surface area contributed by atoms with Gasteiger partial charge >= 0.3 is 6.03 Å². The summed E-state index contributed by atoms with van der Waals surface area (Å²) in [6.45, 7) is 2.52. The molecule has 1 aromatic rings. The number of benzene rings is 1. The van der Waals surface area contributed by atoms with Crippen molar-refractivity contribution in [1.82, 2.24) is 5.43 Å². The van der Waals surface area contributed by atoms with Crippen LogP contribution in [0.4, 0.5) is 4.79 Å². The predicted octanol–water partition coefficient (Wildman–Crippen LogP) is 1.09. The maximum atomic E-state index is 10.3. The van der Waals surface area contributed by atoms with Crippen molar-refractivity contribution >= 4 is 12.2 Å². The molecule has 0 radical (unpaired) electrons. The Morgan fingerprint density at radius 3 is 3.13 bits per heavy atom. The molecule has 5 heteroatoms. The van der Waals surface area contributed by atoms with Crippen LogP contribution in [-0.2, 0) is 0 Å². The normalized spacial score (nSPS) is 10.2. The van der Waals surface area contributed by atoms with Gasteiger partial charge in [0.25, 0.3) is 0 Å². The summed E-state index contributed by atoms with van der Waals surface area (Å²) >= 11 is 0. The van der Waals surface area contributed by atoms with Gasteiger partial charge in [0.1, 0.15) is 5.75 Å². The molecule has 0 aliphatic rings. The monoisotopic (exact) mass is 207 g/mol. The average molecular weight is 207 g/mol. The Kier molecular flexibility index (Phi) is 4.15. The van der Waals surface area contributed by atoms with Crippen molar-refractivity contribution in [1.29, 1.82) is 0 Å². The van der Waals surface area contributed by atoms with Crippen molar-refractivity contribution < 1.29 is 9.53 Å². The fraction of sp³-hybridized carbons (Fsp3) is 0.200. The lowest BCUT2D eigenvalue weighted by Gasteiger charge is -2.02. The first-order valence-corrected chi connectivity index (χ1v) is 4.53. The third-order valence-electron chi connectivity index (χ3n) is 1.56. The van der Waals surface area contributed by atoms with Crippen LogP contribution in [0, 0.1) is 0 Å². The Morgan fingerprint density at radius 2 is 2.47 bits per heavy atom. The highest BCUT2D eigenvalue weighted by Crippen LogP contribution is 2.11. The highest BCUT2D eigenvalue weighted by Gasteiger charge is 1.93. The summed E-state index contributed by atoms with van der Waals surface area (Å²) in [5.74, 6) is 0.764. The van der Waals surface area contributed by atoms with Crippen molar-refractivity contribution in [2.75, 3.05) is 6.61 Å². The molecule has 5 nitrogen and oxygen atoms in total. The van der Waals surface area contributed by atoms with Crippen LogP contribution < -0.4 is 15.9 Å². The topological polar surface area (TPSA) is 76.7 Å². The lowest BCUT2D eigenvalue weighted by Crippen LogP contribution is -2.24. The maximum absolute atomic E-state index is 10.3. The summed E-state index contributed by atoms with van der Waals surface area (Å²) in [6.07, 6.45) is 1.49. The van der Waals surface area contributed by atoms with E-state index in [-0.39, 0.29) is 0 Å². The summed E-state index contributed by atoms with van der Waals surface area (Å²) in [5, 5.41) is 3.64. The minimum Gasteiger partial charge on any atom is -0.494 e. The number of nitrogens with one attached hydrogen (secondary N) is 1. The summed E-state index contributed by atoms with van der Waals surface area (Å²) in [7, 11) is 0. The number of amides is 2. The number of primary amides is 1. The van der Waals surface area contributed by atoms with Gasteiger partial charge in [-0.2, -0.15) is 5.10 Å². The van der Waals surface area contributed by atoms with Crippen LogP contribution >= 0.6 is 0 Å². The van der Waals surface area contributed by atoms with Crippen molar-refractivity contribution in [2.24, 2.45) is 10.8 Å². The molecule has 0 aliphatic carbocycles. The van der Waals surface area contributed by atoms with Gasteiger partial charge in [-0.05, 0) is 24.6 Å². The Bertz CT molecular complexity index is 363. The third kappa shape index (κ3) is 4.12. The van der Waals surface area contributed by atoms with Gasteiger partial charge in [0.15, 0.2) is 0 Å². The molecule has 0 fully saturated rings. The Labute approximate surface area is 87.9 Å². The van der Waals surface area contributed by atoms with E-state index in [1.165, 1.54) is 6.21 Å². The molecule has 0 unspecified atom stereocenters. The maximum Gasteiger partial charge on any atom is 0.332 e. The molecule has 1 aromatic carbocycles. The number of hydrogen-bond acceptors (Lipinski definition) is 3. The van der Waals surface area contributed by atoms with Gasteiger partial charge in [-0.25, -0.2) is 10.2 Å². The molecular weight excluding hydrogens is 194 g/mol. The molecule has 0 saturated heterocycles. The minimum absolute atomic E-state index is 0.611. The Morgan fingerprint density at radius 1 is 1.67 bits per heavy atom. The molecule has 3 N–H and O–H groups in total. The zero-order chi connectivity index (χ0) is 11.1. The fourth-order valence-electron chi connectivity index (χ4n) is 1.02. The quantitative estimate of drug-likeness (QED) is 0.572. The molecule has 0 saturated carbocycles. The number of nitrogens with two attached hydrogens (primary N) is 1. The van der Waals surface area contributed by atoms with Gasteiger partial charge in [-0.15, -0.1) is 0 Å². The second-order valence-electron chi connectivity index (χ2n) is 2.74. The lowest BCUT2D eigenvalue weighted by molar-refractivity contribution is 0.249. The highest BCUT2D eigenvalue weighted by atomic mass is 16.5. The zero-order valence-electron chi connectivity index (χ0n) is 8.43. The highest BCUT2D eigenvalue weighted by molar-refractivity contribution is 5.81. The second-order valence-corrected chi connectivity index (χ2v) is 2.74. The zero-order valence-corrected chi connectivity index (χ0v) is 8.43. The molecule has 15 heavy (non-hydrogen) atoms. The van der Waals surface area contributed by atoms with Crippen LogP contribution in [0.1, 0.15) is 12.5 Å². The van der Waals surface area contributed by atoms with Crippen molar-refractivity contribution in [2.45, 2.75) is 6.92 Å². The average Bonchev–Trinajstić information content (AvgIpc) is 2.18. The minimum atomic E-state index is -0.688. The van der Waals surface area contributed by atoms with E-state index in [0.717, 1.165) is 11.3 Å². The first-order valence-electron chi connectivity index (χ1n) is 4.53. The van der Waals surface area contributed by atoms with E-state index < -0.39 is 6.03 Å². The van der Waals surface area contributed by atoms with E-state index in [9.17, 15) is 4.79 Å². The van der Waals surface area contributed by atoms with Crippen molar-refractivity contribution in [3.8, 4) is 5.75 Å². The molecule has 0 bridgehead atoms. The lowest BCUT2D eigenvalue weighted by atomic mass is 10.2. The van der Waals surface area contributed by atoms with Crippen LogP contribution in [-0.4, -0.2) is 18.9 Å². The Hall–Kier alpha value is -2.04. The van der Waals surface area contributed by atoms with E-state index >= 15 is 0 Å². The summed E-state index contributed by atoms with van der Waals surface area (Å²) in [5.41, 5.74) is 7.79. The van der Waals surface area contributed by atoms with Crippen LogP contribution in [0.3, 0.4) is 0 Å². The van der Waals surface area contributed by atoms with Gasteiger partial charge in [0.05, 0.1) is 12.8 Å². The number of nitrogens with zero attached hydrogens (tertiary/aromatic N) is 1. The molecule has 2 amide bonds. The van der Waals surface area contributed by atoms with E-state index in [2.05, 4.69) is 10.5 Å². The van der Waals surface area contributed by atoms with Crippen LogP contribution in [0.2, 0.25) is 0 Å². The van der Waals surface area contributed by atoms with Crippen molar-refractivity contribution in [3.63, 3.8) is 0 Å². The van der Waals surface area contributed by atoms with Gasteiger partial charge in [0, 0.05) is 0 Å². The standard InChI is InChI=1S/C10H13N3O2/c1-2-15-9-5-3-4-8(6-9)7-12-13-10(11)14/h3-7H,2H2,1H3,(H3,11,13,14). The number of hydrazone groups is 1. The first kappa shape index (κ1) is 11.0. The van der Waals surface area contributed by atoms with E-state index in [1.807, 2.05) is 31.2 Å². The number of rotatable bonds is 4. The largest absolute Gasteiger partial charge is 0.494 e. The van der Waals surface area contributed by atoms with Crippen molar-refractivity contribution in [3.05, 3.63) is 29.8 Å². The molecule has 1 rings (SSSR count). The first-order chi connectivity index (χ1) is 7.22. The number of carbonyl (C=O) groups excluding carboxylic acids is 1. The third-order valence-corrected chi connectivity index (χ3v) is 1.56. The molecule has 0 heterocycles. The molecule has 0 atom stereocenters. The van der Waals surface area contributed by atoms with Crippen LogP contribution in [0.25, 0.3) is 0 Å². The summed E-state index contributed by atoms with van der Waals surface area (Å²) in [6, 6.07) is 6.66. The smallest absolute Gasteiger partial charge is 0.332 e. The van der Waals surface area contributed by atoms with Gasteiger partial charge in [-0.3, -0.25) is 0 Å². The molecule has 80 valence electrons. The van der Waals surface area contributed by atoms with E-state index in [0.29, 0.717) is 6.61 Å².